The number of hydrogen-bond acceptors (Lipinski definition) is 3. The molecule has 2 unspecified atom stereocenters. The van der Waals surface area contributed by atoms with Crippen LogP contribution >= 0.6 is 11.6 Å². The van der Waals surface area contributed by atoms with Gasteiger partial charge in [-0.25, -0.2) is 0 Å². The summed E-state index contributed by atoms with van der Waals surface area (Å²) in [7, 11) is 0. The fourth-order valence-electron chi connectivity index (χ4n) is 3.69. The molecule has 0 N–H and O–H groups in total. The largest absolute Gasteiger partial charge is 0.365 e. The van der Waals surface area contributed by atoms with Crippen LogP contribution in [0.1, 0.15) is 37.3 Å². The highest BCUT2D eigenvalue weighted by Crippen LogP contribution is 2.30. The number of nitriles is 1. The van der Waals surface area contributed by atoms with Crippen molar-refractivity contribution < 1.29 is 0 Å². The maximum Gasteiger partial charge on any atom is 0.101 e. The van der Waals surface area contributed by atoms with Crippen LogP contribution in [0.15, 0.2) is 18.2 Å². The summed E-state index contributed by atoms with van der Waals surface area (Å²) >= 11 is 5.88. The van der Waals surface area contributed by atoms with Gasteiger partial charge in [-0.3, -0.25) is 4.90 Å². The minimum atomic E-state index is 0.452. The van der Waals surface area contributed by atoms with E-state index in [4.69, 9.17) is 11.6 Å². The Morgan fingerprint density at radius 1 is 1.33 bits per heavy atom. The van der Waals surface area contributed by atoms with Gasteiger partial charge in [-0.1, -0.05) is 12.5 Å². The molecule has 112 valence electrons. The summed E-state index contributed by atoms with van der Waals surface area (Å²) < 4.78 is 0. The van der Waals surface area contributed by atoms with Gasteiger partial charge in [0.2, 0.25) is 0 Å². The van der Waals surface area contributed by atoms with E-state index in [-0.39, 0.29) is 0 Å². The van der Waals surface area contributed by atoms with E-state index in [1.807, 2.05) is 12.1 Å². The van der Waals surface area contributed by atoms with E-state index in [1.165, 1.54) is 25.8 Å². The second-order valence-electron chi connectivity index (χ2n) is 6.24. The molecule has 2 atom stereocenters. The number of alkyl halides is 1. The lowest BCUT2D eigenvalue weighted by atomic mass is 9.96. The first-order valence-electron chi connectivity index (χ1n) is 7.82. The number of anilines is 1. The number of piperidine rings is 1. The van der Waals surface area contributed by atoms with Gasteiger partial charge in [0.05, 0.1) is 11.3 Å². The van der Waals surface area contributed by atoms with Crippen molar-refractivity contribution in [3.8, 4) is 6.07 Å². The third kappa shape index (κ3) is 2.88. The first kappa shape index (κ1) is 14.7. The summed E-state index contributed by atoms with van der Waals surface area (Å²) in [6.45, 7) is 5.64. The van der Waals surface area contributed by atoms with Gasteiger partial charge in [-0.2, -0.15) is 5.26 Å². The van der Waals surface area contributed by atoms with Crippen molar-refractivity contribution in [3.63, 3.8) is 0 Å². The predicted molar refractivity (Wildman–Crippen MR) is 86.7 cm³/mol. The molecule has 2 aliphatic heterocycles. The van der Waals surface area contributed by atoms with Gasteiger partial charge in [0.1, 0.15) is 6.07 Å². The lowest BCUT2D eigenvalue weighted by Crippen LogP contribution is -2.59. The Morgan fingerprint density at radius 2 is 2.19 bits per heavy atom. The van der Waals surface area contributed by atoms with Crippen molar-refractivity contribution in [1.82, 2.24) is 4.90 Å². The smallest absolute Gasteiger partial charge is 0.101 e. The number of fused-ring (bicyclic) bond motifs is 1. The SMILES string of the molecule is CC1CN2CCCCC2CN1c1ccc(CCl)cc1C#N. The Hall–Kier alpha value is -1.24. The van der Waals surface area contributed by atoms with Crippen molar-refractivity contribution in [2.24, 2.45) is 0 Å². The Kier molecular flexibility index (Phi) is 4.37. The molecular formula is C17H22ClN3. The molecule has 0 bridgehead atoms. The van der Waals surface area contributed by atoms with Gasteiger partial charge < -0.3 is 4.90 Å². The number of halogens is 1. The molecule has 0 spiro atoms. The van der Waals surface area contributed by atoms with Crippen molar-refractivity contribution in [2.45, 2.75) is 44.1 Å². The van der Waals surface area contributed by atoms with Crippen molar-refractivity contribution in [1.29, 1.82) is 5.26 Å². The van der Waals surface area contributed by atoms with E-state index < -0.39 is 0 Å². The van der Waals surface area contributed by atoms with Gasteiger partial charge >= 0.3 is 0 Å². The third-order valence-corrected chi connectivity index (χ3v) is 5.14. The first-order chi connectivity index (χ1) is 10.2. The lowest BCUT2D eigenvalue weighted by Gasteiger charge is -2.48. The quantitative estimate of drug-likeness (QED) is 0.785. The molecule has 2 heterocycles. The molecule has 4 heteroatoms. The van der Waals surface area contributed by atoms with Gasteiger partial charge in [0.25, 0.3) is 0 Å². The molecule has 2 aliphatic rings. The fourth-order valence-corrected chi connectivity index (χ4v) is 3.86. The van der Waals surface area contributed by atoms with E-state index in [0.29, 0.717) is 18.0 Å². The van der Waals surface area contributed by atoms with Crippen LogP contribution in [0.4, 0.5) is 5.69 Å². The van der Waals surface area contributed by atoms with Crippen LogP contribution < -0.4 is 4.90 Å². The number of piperazine rings is 1. The summed E-state index contributed by atoms with van der Waals surface area (Å²) in [4.78, 5) is 5.05. The minimum Gasteiger partial charge on any atom is -0.365 e. The van der Waals surface area contributed by atoms with Gasteiger partial charge in [0.15, 0.2) is 0 Å². The Balaban J connectivity index is 1.87. The van der Waals surface area contributed by atoms with E-state index in [2.05, 4.69) is 28.9 Å². The van der Waals surface area contributed by atoms with Crippen LogP contribution in [0.5, 0.6) is 0 Å². The van der Waals surface area contributed by atoms with Crippen molar-refractivity contribution in [3.05, 3.63) is 29.3 Å². The first-order valence-corrected chi connectivity index (χ1v) is 8.36. The summed E-state index contributed by atoms with van der Waals surface area (Å²) in [5.41, 5.74) is 2.84. The molecule has 0 aromatic heterocycles. The zero-order valence-corrected chi connectivity index (χ0v) is 13.3. The van der Waals surface area contributed by atoms with E-state index >= 15 is 0 Å². The zero-order valence-electron chi connectivity index (χ0n) is 12.6. The fraction of sp³-hybridized carbons (Fsp3) is 0.588. The molecule has 0 saturated carbocycles. The van der Waals surface area contributed by atoms with Crippen LogP contribution in [0.25, 0.3) is 0 Å². The number of hydrogen-bond donors (Lipinski definition) is 0. The molecule has 3 nitrogen and oxygen atoms in total. The molecule has 2 saturated heterocycles. The van der Waals surface area contributed by atoms with Crippen molar-refractivity contribution >= 4 is 17.3 Å². The number of rotatable bonds is 2. The third-order valence-electron chi connectivity index (χ3n) is 4.83. The van der Waals surface area contributed by atoms with E-state index in [9.17, 15) is 5.26 Å². The van der Waals surface area contributed by atoms with Crippen LogP contribution in [-0.4, -0.2) is 36.6 Å². The Morgan fingerprint density at radius 3 is 2.95 bits per heavy atom. The normalized spacial score (nSPS) is 26.2. The number of nitrogens with zero attached hydrogens (tertiary/aromatic N) is 3. The van der Waals surface area contributed by atoms with E-state index in [0.717, 1.165) is 29.9 Å². The van der Waals surface area contributed by atoms with Crippen LogP contribution in [-0.2, 0) is 5.88 Å². The highest BCUT2D eigenvalue weighted by Gasteiger charge is 2.33. The monoisotopic (exact) mass is 303 g/mol. The summed E-state index contributed by atoms with van der Waals surface area (Å²) in [6.07, 6.45) is 3.95. The minimum absolute atomic E-state index is 0.452. The molecule has 1 aromatic carbocycles. The number of benzene rings is 1. The highest BCUT2D eigenvalue weighted by molar-refractivity contribution is 6.17. The molecule has 2 fully saturated rings. The Labute approximate surface area is 132 Å². The molecule has 0 amide bonds. The summed E-state index contributed by atoms with van der Waals surface area (Å²) in [5.74, 6) is 0.459. The molecule has 21 heavy (non-hydrogen) atoms. The molecule has 0 radical (unpaired) electrons. The van der Waals surface area contributed by atoms with Crippen molar-refractivity contribution in [2.75, 3.05) is 24.5 Å². The van der Waals surface area contributed by atoms with Gasteiger partial charge in [0, 0.05) is 31.1 Å². The molecular weight excluding hydrogens is 282 g/mol. The average Bonchev–Trinajstić information content (AvgIpc) is 2.53. The van der Waals surface area contributed by atoms with Gasteiger partial charge in [-0.05, 0) is 44.0 Å². The summed E-state index contributed by atoms with van der Waals surface area (Å²) in [6, 6.07) is 9.50. The van der Waals surface area contributed by atoms with Crippen LogP contribution in [0.3, 0.4) is 0 Å². The standard InChI is InChI=1S/C17H22ClN3/c1-13-11-20-7-3-2-4-16(20)12-21(13)17-6-5-14(9-18)8-15(17)10-19/h5-6,8,13,16H,2-4,7,9,11-12H2,1H3. The molecule has 3 rings (SSSR count). The second-order valence-corrected chi connectivity index (χ2v) is 6.51. The van der Waals surface area contributed by atoms with Crippen LogP contribution in [0.2, 0.25) is 0 Å². The second kappa shape index (κ2) is 6.25. The van der Waals surface area contributed by atoms with Crippen LogP contribution in [0, 0.1) is 11.3 Å². The summed E-state index contributed by atoms with van der Waals surface area (Å²) in [5, 5.41) is 9.46. The van der Waals surface area contributed by atoms with Gasteiger partial charge in [-0.15, -0.1) is 11.6 Å². The Bertz CT molecular complexity index is 551. The molecule has 0 aliphatic carbocycles. The zero-order chi connectivity index (χ0) is 14.8. The highest BCUT2D eigenvalue weighted by atomic mass is 35.5. The average molecular weight is 304 g/mol. The maximum atomic E-state index is 9.46. The predicted octanol–water partition coefficient (Wildman–Crippen LogP) is 3.36. The topological polar surface area (TPSA) is 30.3 Å². The van der Waals surface area contributed by atoms with E-state index in [1.54, 1.807) is 0 Å². The maximum absolute atomic E-state index is 9.46. The molecule has 1 aromatic rings. The lowest BCUT2D eigenvalue weighted by molar-refractivity contribution is 0.115.